The summed E-state index contributed by atoms with van der Waals surface area (Å²) in [7, 11) is 0. The van der Waals surface area contributed by atoms with E-state index in [1.807, 2.05) is 6.92 Å². The fraction of sp³-hybridized carbons (Fsp3) is 0.409. The quantitative estimate of drug-likeness (QED) is 0.491. The summed E-state index contributed by atoms with van der Waals surface area (Å²) in [6.45, 7) is 4.15. The van der Waals surface area contributed by atoms with Gasteiger partial charge in [-0.3, -0.25) is 0 Å². The molecule has 140 valence electrons. The number of unbranched alkanes of at least 4 members (excludes halogenated alkanes) is 2. The third-order valence-electron chi connectivity index (χ3n) is 4.57. The molecule has 0 fully saturated rings. The number of ether oxygens (including phenoxy) is 1. The van der Waals surface area contributed by atoms with Crippen LogP contribution >= 0.6 is 0 Å². The SMILES string of the molecule is CCCCCC(CC)OC(=O)c1ccccc1C(O)c1ccccc1O. The zero-order valence-electron chi connectivity index (χ0n) is 15.5. The number of hydrogen-bond donors (Lipinski definition) is 2. The van der Waals surface area contributed by atoms with Crippen LogP contribution in [0, 0.1) is 0 Å². The molecule has 0 saturated carbocycles. The average molecular weight is 356 g/mol. The van der Waals surface area contributed by atoms with Crippen molar-refractivity contribution in [3.63, 3.8) is 0 Å². The first-order valence-electron chi connectivity index (χ1n) is 9.34. The van der Waals surface area contributed by atoms with Gasteiger partial charge in [-0.25, -0.2) is 4.79 Å². The van der Waals surface area contributed by atoms with Gasteiger partial charge in [-0.15, -0.1) is 0 Å². The highest BCUT2D eigenvalue weighted by Crippen LogP contribution is 2.31. The fourth-order valence-corrected chi connectivity index (χ4v) is 2.99. The highest BCUT2D eigenvalue weighted by molar-refractivity contribution is 5.91. The van der Waals surface area contributed by atoms with E-state index >= 15 is 0 Å². The lowest BCUT2D eigenvalue weighted by molar-refractivity contribution is 0.0262. The molecule has 0 spiro atoms. The molecular formula is C22H28O4. The maximum atomic E-state index is 12.7. The second-order valence-electron chi connectivity index (χ2n) is 6.48. The number of hydrogen-bond acceptors (Lipinski definition) is 4. The van der Waals surface area contributed by atoms with Gasteiger partial charge in [0.25, 0.3) is 0 Å². The van der Waals surface area contributed by atoms with Gasteiger partial charge >= 0.3 is 5.97 Å². The van der Waals surface area contributed by atoms with Crippen LogP contribution in [-0.4, -0.2) is 22.3 Å². The van der Waals surface area contributed by atoms with Crippen LogP contribution in [0.2, 0.25) is 0 Å². The molecule has 0 heterocycles. The predicted molar refractivity (Wildman–Crippen MR) is 102 cm³/mol. The van der Waals surface area contributed by atoms with Crippen molar-refractivity contribution in [3.8, 4) is 5.75 Å². The van der Waals surface area contributed by atoms with E-state index in [0.717, 1.165) is 32.1 Å². The Morgan fingerprint density at radius 3 is 2.31 bits per heavy atom. The Hall–Kier alpha value is -2.33. The fourth-order valence-electron chi connectivity index (χ4n) is 2.99. The third kappa shape index (κ3) is 5.09. The second-order valence-corrected chi connectivity index (χ2v) is 6.48. The molecule has 26 heavy (non-hydrogen) atoms. The van der Waals surface area contributed by atoms with Crippen LogP contribution in [-0.2, 0) is 4.74 Å². The van der Waals surface area contributed by atoms with Crippen molar-refractivity contribution >= 4 is 5.97 Å². The largest absolute Gasteiger partial charge is 0.508 e. The van der Waals surface area contributed by atoms with E-state index in [4.69, 9.17) is 4.74 Å². The number of phenolic OH excluding ortho intramolecular Hbond substituents is 1. The van der Waals surface area contributed by atoms with E-state index in [1.165, 1.54) is 6.07 Å². The smallest absolute Gasteiger partial charge is 0.338 e. The number of carbonyl (C=O) groups is 1. The van der Waals surface area contributed by atoms with Gasteiger partial charge in [0.1, 0.15) is 18.0 Å². The molecule has 4 heteroatoms. The molecule has 2 rings (SSSR count). The molecule has 0 saturated heterocycles. The third-order valence-corrected chi connectivity index (χ3v) is 4.57. The minimum Gasteiger partial charge on any atom is -0.508 e. The lowest BCUT2D eigenvalue weighted by Gasteiger charge is -2.19. The van der Waals surface area contributed by atoms with Crippen LogP contribution in [0.1, 0.15) is 73.5 Å². The summed E-state index contributed by atoms with van der Waals surface area (Å²) in [6.07, 6.45) is 3.67. The van der Waals surface area contributed by atoms with Gasteiger partial charge in [-0.2, -0.15) is 0 Å². The van der Waals surface area contributed by atoms with Gasteiger partial charge in [-0.1, -0.05) is 63.1 Å². The minimum absolute atomic E-state index is 0.00540. The van der Waals surface area contributed by atoms with Crippen LogP contribution in [0.15, 0.2) is 48.5 Å². The molecule has 2 unspecified atom stereocenters. The van der Waals surface area contributed by atoms with Crippen LogP contribution in [0.25, 0.3) is 0 Å². The molecule has 0 aliphatic rings. The van der Waals surface area contributed by atoms with E-state index < -0.39 is 12.1 Å². The Balaban J connectivity index is 2.20. The molecule has 0 aliphatic carbocycles. The number of aliphatic hydroxyl groups is 1. The summed E-state index contributed by atoms with van der Waals surface area (Å²) in [5.74, 6) is -0.437. The van der Waals surface area contributed by atoms with Gasteiger partial charge < -0.3 is 14.9 Å². The molecule has 0 amide bonds. The maximum absolute atomic E-state index is 12.7. The number of aromatic hydroxyl groups is 1. The van der Waals surface area contributed by atoms with E-state index in [-0.39, 0.29) is 11.9 Å². The van der Waals surface area contributed by atoms with Gasteiger partial charge in [0, 0.05) is 5.56 Å². The number of carbonyl (C=O) groups excluding carboxylic acids is 1. The number of benzene rings is 2. The Morgan fingerprint density at radius 1 is 1.00 bits per heavy atom. The highest BCUT2D eigenvalue weighted by Gasteiger charge is 2.23. The molecule has 0 aliphatic heterocycles. The minimum atomic E-state index is -1.10. The van der Waals surface area contributed by atoms with Crippen molar-refractivity contribution in [3.05, 3.63) is 65.2 Å². The van der Waals surface area contributed by atoms with E-state index in [9.17, 15) is 15.0 Å². The average Bonchev–Trinajstić information content (AvgIpc) is 2.67. The lowest BCUT2D eigenvalue weighted by atomic mass is 9.96. The molecule has 0 radical (unpaired) electrons. The van der Waals surface area contributed by atoms with E-state index in [2.05, 4.69) is 6.92 Å². The number of aliphatic hydroxyl groups excluding tert-OH is 1. The van der Waals surface area contributed by atoms with Crippen molar-refractivity contribution in [2.24, 2.45) is 0 Å². The van der Waals surface area contributed by atoms with E-state index in [0.29, 0.717) is 16.7 Å². The Morgan fingerprint density at radius 2 is 1.65 bits per heavy atom. The first-order chi connectivity index (χ1) is 12.6. The second kappa shape index (κ2) is 9.97. The first-order valence-corrected chi connectivity index (χ1v) is 9.34. The summed E-state index contributed by atoms with van der Waals surface area (Å²) in [4.78, 5) is 12.7. The number of esters is 1. The topological polar surface area (TPSA) is 66.8 Å². The Labute approximate surface area is 155 Å². The number of para-hydroxylation sites is 1. The summed E-state index contributed by atoms with van der Waals surface area (Å²) >= 11 is 0. The van der Waals surface area contributed by atoms with Crippen LogP contribution in [0.4, 0.5) is 0 Å². The summed E-state index contributed by atoms with van der Waals surface area (Å²) in [6, 6.07) is 13.4. The van der Waals surface area contributed by atoms with Gasteiger partial charge in [0.15, 0.2) is 0 Å². The van der Waals surface area contributed by atoms with Crippen molar-refractivity contribution in [1.29, 1.82) is 0 Å². The predicted octanol–water partition coefficient (Wildman–Crippen LogP) is 4.99. The van der Waals surface area contributed by atoms with Gasteiger partial charge in [-0.05, 0) is 37.0 Å². The van der Waals surface area contributed by atoms with Crippen molar-refractivity contribution in [2.75, 3.05) is 0 Å². The maximum Gasteiger partial charge on any atom is 0.338 e. The molecule has 2 N–H and O–H groups in total. The van der Waals surface area contributed by atoms with Crippen LogP contribution < -0.4 is 0 Å². The van der Waals surface area contributed by atoms with E-state index in [1.54, 1.807) is 42.5 Å². The van der Waals surface area contributed by atoms with Crippen molar-refractivity contribution in [1.82, 2.24) is 0 Å². The molecular weight excluding hydrogens is 328 g/mol. The Kier molecular flexibility index (Phi) is 7.67. The zero-order chi connectivity index (χ0) is 18.9. The molecule has 0 aromatic heterocycles. The first kappa shape index (κ1) is 20.0. The standard InChI is InChI=1S/C22H28O4/c1-3-5-6-11-16(4-2)26-22(25)18-13-8-7-12-17(18)21(24)19-14-9-10-15-20(19)23/h7-10,12-16,21,23-24H,3-6,11H2,1-2H3. The normalized spacial score (nSPS) is 13.2. The monoisotopic (exact) mass is 356 g/mol. The van der Waals surface area contributed by atoms with Crippen molar-refractivity contribution in [2.45, 2.75) is 58.2 Å². The van der Waals surface area contributed by atoms with Gasteiger partial charge in [0.2, 0.25) is 0 Å². The molecule has 2 aromatic rings. The van der Waals surface area contributed by atoms with Crippen LogP contribution in [0.3, 0.4) is 0 Å². The lowest BCUT2D eigenvalue weighted by Crippen LogP contribution is -2.19. The number of phenols is 1. The van der Waals surface area contributed by atoms with Gasteiger partial charge in [0.05, 0.1) is 5.56 Å². The van der Waals surface area contributed by atoms with Crippen LogP contribution in [0.5, 0.6) is 5.75 Å². The summed E-state index contributed by atoms with van der Waals surface area (Å²) in [5, 5.41) is 20.7. The molecule has 4 nitrogen and oxygen atoms in total. The summed E-state index contributed by atoms with van der Waals surface area (Å²) < 4.78 is 5.68. The van der Waals surface area contributed by atoms with Crippen molar-refractivity contribution < 1.29 is 19.7 Å². The Bertz CT molecular complexity index is 711. The highest BCUT2D eigenvalue weighted by atomic mass is 16.5. The molecule has 2 atom stereocenters. The molecule has 2 aromatic carbocycles. The number of rotatable bonds is 9. The summed E-state index contributed by atoms with van der Waals surface area (Å²) in [5.41, 5.74) is 1.13. The molecule has 0 bridgehead atoms. The zero-order valence-corrected chi connectivity index (χ0v) is 15.5.